The van der Waals surface area contributed by atoms with Gasteiger partial charge in [0.05, 0.1) is 11.9 Å². The summed E-state index contributed by atoms with van der Waals surface area (Å²) in [7, 11) is 0. The molecular formula is C26H26F3N5. The monoisotopic (exact) mass is 465 g/mol. The molecule has 4 heterocycles. The Balaban J connectivity index is 1.11. The second-order valence-electron chi connectivity index (χ2n) is 9.87. The molecular weight excluding hydrogens is 439 g/mol. The lowest BCUT2D eigenvalue weighted by atomic mass is 9.72. The third-order valence-electron chi connectivity index (χ3n) is 7.38. The molecule has 0 amide bonds. The number of aromatic nitrogens is 3. The molecule has 0 aliphatic carbocycles. The Hall–Kier alpha value is -3.13. The lowest BCUT2D eigenvalue weighted by Crippen LogP contribution is -2.60. The molecule has 2 fully saturated rings. The third kappa shape index (κ3) is 4.11. The molecule has 0 radical (unpaired) electrons. The Bertz CT molecular complexity index is 1330. The number of anilines is 1. The molecule has 0 bridgehead atoms. The molecule has 2 aliphatic heterocycles. The fourth-order valence-corrected chi connectivity index (χ4v) is 5.55. The summed E-state index contributed by atoms with van der Waals surface area (Å²) < 4.78 is 38.7. The molecule has 2 saturated heterocycles. The van der Waals surface area contributed by atoms with E-state index in [0.29, 0.717) is 10.9 Å². The van der Waals surface area contributed by atoms with E-state index in [1.807, 2.05) is 6.20 Å². The molecule has 0 unspecified atom stereocenters. The van der Waals surface area contributed by atoms with Crippen LogP contribution in [0.15, 0.2) is 55.0 Å². The topological polar surface area (TPSA) is 48.1 Å². The van der Waals surface area contributed by atoms with Gasteiger partial charge in [0.25, 0.3) is 0 Å². The molecule has 2 aromatic carbocycles. The molecule has 2 aliphatic rings. The summed E-state index contributed by atoms with van der Waals surface area (Å²) in [6.45, 7) is 4.84. The van der Waals surface area contributed by atoms with Crippen molar-refractivity contribution in [1.29, 1.82) is 0 Å². The average molecular weight is 466 g/mol. The van der Waals surface area contributed by atoms with Gasteiger partial charge < -0.3 is 9.88 Å². The van der Waals surface area contributed by atoms with Crippen molar-refractivity contribution in [1.82, 2.24) is 19.9 Å². The van der Waals surface area contributed by atoms with E-state index in [1.165, 1.54) is 28.9 Å². The maximum absolute atomic E-state index is 12.9. The van der Waals surface area contributed by atoms with Gasteiger partial charge in [-0.05, 0) is 66.7 Å². The van der Waals surface area contributed by atoms with Crippen molar-refractivity contribution in [3.8, 4) is 0 Å². The highest BCUT2D eigenvalue weighted by atomic mass is 19.4. The van der Waals surface area contributed by atoms with Gasteiger partial charge in [0.1, 0.15) is 12.1 Å². The zero-order valence-electron chi connectivity index (χ0n) is 18.8. The number of nitrogens with one attached hydrogen (secondary N) is 1. The SMILES string of the molecule is FC(F)(F)Cc1ccc2ncnc(N3CC4(CCN(Cc5ccc6cc[nH]c6c5)CC4)C3)c2c1. The quantitative estimate of drug-likeness (QED) is 0.443. The van der Waals surface area contributed by atoms with Crippen LogP contribution in [-0.2, 0) is 13.0 Å². The Labute approximate surface area is 195 Å². The van der Waals surface area contributed by atoms with Crippen LogP contribution < -0.4 is 4.90 Å². The van der Waals surface area contributed by atoms with E-state index in [4.69, 9.17) is 0 Å². The molecule has 4 aromatic rings. The van der Waals surface area contributed by atoms with Gasteiger partial charge in [-0.1, -0.05) is 18.2 Å². The van der Waals surface area contributed by atoms with Crippen LogP contribution in [0.3, 0.4) is 0 Å². The standard InChI is InChI=1S/C26H26F3N5/c27-26(28,29)13-18-2-4-22-21(11-18)24(32-17-31-22)34-15-25(16-34)6-9-33(10-7-25)14-19-1-3-20-5-8-30-23(20)12-19/h1-5,8,11-12,17,30H,6-7,9-10,13-16H2. The van der Waals surface area contributed by atoms with Gasteiger partial charge >= 0.3 is 6.18 Å². The van der Waals surface area contributed by atoms with Crippen LogP contribution in [0.2, 0.25) is 0 Å². The van der Waals surface area contributed by atoms with E-state index < -0.39 is 12.6 Å². The molecule has 0 saturated carbocycles. The first-order valence-corrected chi connectivity index (χ1v) is 11.7. The maximum Gasteiger partial charge on any atom is 0.393 e. The molecule has 1 spiro atoms. The summed E-state index contributed by atoms with van der Waals surface area (Å²) in [6.07, 6.45) is 0.557. The van der Waals surface area contributed by atoms with Gasteiger partial charge in [0.15, 0.2) is 0 Å². The number of halogens is 3. The number of hydrogen-bond acceptors (Lipinski definition) is 4. The third-order valence-corrected chi connectivity index (χ3v) is 7.38. The smallest absolute Gasteiger partial charge is 0.361 e. The maximum atomic E-state index is 12.9. The lowest BCUT2D eigenvalue weighted by Gasteiger charge is -2.54. The van der Waals surface area contributed by atoms with Crippen LogP contribution in [0, 0.1) is 5.41 Å². The van der Waals surface area contributed by atoms with Crippen molar-refractivity contribution in [3.05, 3.63) is 66.1 Å². The van der Waals surface area contributed by atoms with Crippen molar-refractivity contribution in [2.45, 2.75) is 32.0 Å². The Kier molecular flexibility index (Phi) is 5.02. The van der Waals surface area contributed by atoms with E-state index in [0.717, 1.165) is 51.4 Å². The Morgan fingerprint density at radius 2 is 1.74 bits per heavy atom. The predicted octanol–water partition coefficient (Wildman–Crippen LogP) is 5.32. The number of nitrogens with zero attached hydrogens (tertiary/aromatic N) is 4. The average Bonchev–Trinajstić information content (AvgIpc) is 3.25. The van der Waals surface area contributed by atoms with E-state index in [1.54, 1.807) is 12.1 Å². The van der Waals surface area contributed by atoms with Crippen LogP contribution in [0.25, 0.3) is 21.8 Å². The summed E-state index contributed by atoms with van der Waals surface area (Å²) in [5.74, 6) is 0.751. The molecule has 6 rings (SSSR count). The molecule has 8 heteroatoms. The minimum atomic E-state index is -4.23. The number of H-pyrrole nitrogens is 1. The number of fused-ring (bicyclic) bond motifs is 2. The largest absolute Gasteiger partial charge is 0.393 e. The molecule has 34 heavy (non-hydrogen) atoms. The number of alkyl halides is 3. The highest BCUT2D eigenvalue weighted by Crippen LogP contribution is 2.43. The van der Waals surface area contributed by atoms with Crippen molar-refractivity contribution in [2.24, 2.45) is 5.41 Å². The summed E-state index contributed by atoms with van der Waals surface area (Å²) in [4.78, 5) is 16.7. The number of likely N-dealkylation sites (tertiary alicyclic amines) is 1. The first kappa shape index (κ1) is 21.4. The minimum absolute atomic E-state index is 0.247. The normalized spacial score (nSPS) is 18.6. The van der Waals surface area contributed by atoms with E-state index >= 15 is 0 Å². The van der Waals surface area contributed by atoms with Gasteiger partial charge in [-0.2, -0.15) is 13.2 Å². The summed E-state index contributed by atoms with van der Waals surface area (Å²) in [6, 6.07) is 13.5. The summed E-state index contributed by atoms with van der Waals surface area (Å²) in [5, 5.41) is 1.94. The van der Waals surface area contributed by atoms with E-state index in [9.17, 15) is 13.2 Å². The number of aromatic amines is 1. The zero-order valence-corrected chi connectivity index (χ0v) is 18.8. The van der Waals surface area contributed by atoms with E-state index in [-0.39, 0.29) is 11.0 Å². The predicted molar refractivity (Wildman–Crippen MR) is 127 cm³/mol. The van der Waals surface area contributed by atoms with Crippen LogP contribution in [0.5, 0.6) is 0 Å². The van der Waals surface area contributed by atoms with Crippen molar-refractivity contribution in [3.63, 3.8) is 0 Å². The number of rotatable bonds is 4. The van der Waals surface area contributed by atoms with Gasteiger partial charge in [-0.25, -0.2) is 9.97 Å². The lowest BCUT2D eigenvalue weighted by molar-refractivity contribution is -0.127. The Morgan fingerprint density at radius 3 is 2.53 bits per heavy atom. The van der Waals surface area contributed by atoms with Crippen molar-refractivity contribution >= 4 is 27.6 Å². The number of hydrogen-bond donors (Lipinski definition) is 1. The van der Waals surface area contributed by atoms with Crippen molar-refractivity contribution in [2.75, 3.05) is 31.1 Å². The summed E-state index contributed by atoms with van der Waals surface area (Å²) >= 11 is 0. The number of piperidine rings is 1. The minimum Gasteiger partial charge on any atom is -0.361 e. The van der Waals surface area contributed by atoms with Crippen LogP contribution in [0.1, 0.15) is 24.0 Å². The second-order valence-corrected chi connectivity index (χ2v) is 9.87. The first-order valence-electron chi connectivity index (χ1n) is 11.7. The zero-order chi connectivity index (χ0) is 23.3. The first-order chi connectivity index (χ1) is 16.4. The molecule has 176 valence electrons. The highest BCUT2D eigenvalue weighted by molar-refractivity contribution is 5.90. The van der Waals surface area contributed by atoms with Crippen LogP contribution in [0.4, 0.5) is 19.0 Å². The summed E-state index contributed by atoms with van der Waals surface area (Å²) in [5.41, 5.74) is 3.70. The second kappa shape index (κ2) is 7.98. The highest BCUT2D eigenvalue weighted by Gasteiger charge is 2.45. The fraction of sp³-hybridized carbons (Fsp3) is 0.385. The van der Waals surface area contributed by atoms with E-state index in [2.05, 4.69) is 49.0 Å². The molecule has 5 nitrogen and oxygen atoms in total. The molecule has 1 N–H and O–H groups in total. The van der Waals surface area contributed by atoms with Crippen LogP contribution in [-0.4, -0.2) is 52.2 Å². The van der Waals surface area contributed by atoms with Gasteiger partial charge in [0, 0.05) is 42.1 Å². The molecule has 2 aromatic heterocycles. The van der Waals surface area contributed by atoms with Crippen LogP contribution >= 0.6 is 0 Å². The molecule has 0 atom stereocenters. The van der Waals surface area contributed by atoms with Crippen molar-refractivity contribution < 1.29 is 13.2 Å². The van der Waals surface area contributed by atoms with Gasteiger partial charge in [-0.3, -0.25) is 4.90 Å². The Morgan fingerprint density at radius 1 is 0.941 bits per heavy atom. The van der Waals surface area contributed by atoms with Gasteiger partial charge in [-0.15, -0.1) is 0 Å². The van der Waals surface area contributed by atoms with Gasteiger partial charge in [0.2, 0.25) is 0 Å². The fourth-order valence-electron chi connectivity index (χ4n) is 5.55. The number of benzene rings is 2.